The van der Waals surface area contributed by atoms with E-state index in [4.69, 9.17) is 5.11 Å². The fourth-order valence-corrected chi connectivity index (χ4v) is 3.45. The zero-order valence-electron chi connectivity index (χ0n) is 12.6. The van der Waals surface area contributed by atoms with E-state index >= 15 is 0 Å². The predicted molar refractivity (Wildman–Crippen MR) is 81.4 cm³/mol. The topological polar surface area (TPSA) is 75.4 Å². The third-order valence-corrected chi connectivity index (χ3v) is 4.75. The zero-order valence-corrected chi connectivity index (χ0v) is 13.4. The number of hydrogen-bond acceptors (Lipinski definition) is 5. The molecule has 0 saturated heterocycles. The second-order valence-electron chi connectivity index (χ2n) is 5.50. The van der Waals surface area contributed by atoms with E-state index in [1.54, 1.807) is 22.6 Å². The summed E-state index contributed by atoms with van der Waals surface area (Å²) in [5.74, 6) is 0.353. The SMILES string of the molecule is Cc1cnc2n(c1=O)CC(C(=O)N(CCO)C(C)C)CS2. The summed E-state index contributed by atoms with van der Waals surface area (Å²) in [6.45, 7) is 6.21. The lowest BCUT2D eigenvalue weighted by molar-refractivity contribution is -0.137. The standard InChI is InChI=1S/C14H21N3O3S/c1-9(2)16(4-5-18)13(20)11-7-17-12(19)10(3)6-15-14(17)21-8-11/h6,9,11,18H,4-5,7-8H2,1-3H3. The minimum Gasteiger partial charge on any atom is -0.395 e. The molecule has 0 spiro atoms. The predicted octanol–water partition coefficient (Wildman–Crippen LogP) is 0.503. The summed E-state index contributed by atoms with van der Waals surface area (Å²) in [5.41, 5.74) is 0.506. The first-order valence-corrected chi connectivity index (χ1v) is 8.04. The summed E-state index contributed by atoms with van der Waals surface area (Å²) >= 11 is 1.44. The van der Waals surface area contributed by atoms with Crippen molar-refractivity contribution in [1.29, 1.82) is 0 Å². The third-order valence-electron chi connectivity index (χ3n) is 3.60. The smallest absolute Gasteiger partial charge is 0.257 e. The van der Waals surface area contributed by atoms with Gasteiger partial charge in [-0.15, -0.1) is 0 Å². The van der Waals surface area contributed by atoms with Gasteiger partial charge in [0.25, 0.3) is 5.56 Å². The monoisotopic (exact) mass is 311 g/mol. The number of amides is 1. The third kappa shape index (κ3) is 3.29. The minimum atomic E-state index is -0.252. The molecule has 2 heterocycles. The van der Waals surface area contributed by atoms with Crippen LogP contribution < -0.4 is 5.56 Å². The number of carbonyl (C=O) groups is 1. The molecule has 1 N–H and O–H groups in total. The Morgan fingerprint density at radius 3 is 2.95 bits per heavy atom. The number of nitrogens with zero attached hydrogens (tertiary/aromatic N) is 3. The highest BCUT2D eigenvalue weighted by Crippen LogP contribution is 2.26. The molecule has 116 valence electrons. The van der Waals surface area contributed by atoms with Gasteiger partial charge in [0.1, 0.15) is 0 Å². The average Bonchev–Trinajstić information content (AvgIpc) is 2.47. The van der Waals surface area contributed by atoms with Crippen LogP contribution in [-0.2, 0) is 11.3 Å². The molecule has 0 bridgehead atoms. The van der Waals surface area contributed by atoms with Gasteiger partial charge < -0.3 is 10.0 Å². The molecule has 2 rings (SSSR count). The van der Waals surface area contributed by atoms with E-state index in [1.165, 1.54) is 11.8 Å². The summed E-state index contributed by atoms with van der Waals surface area (Å²) in [6.07, 6.45) is 1.58. The first-order chi connectivity index (χ1) is 9.95. The van der Waals surface area contributed by atoms with Crippen LogP contribution in [0.3, 0.4) is 0 Å². The van der Waals surface area contributed by atoms with Gasteiger partial charge in [0, 0.05) is 36.6 Å². The Kier molecular flexibility index (Phi) is 5.05. The van der Waals surface area contributed by atoms with Crippen molar-refractivity contribution in [3.05, 3.63) is 22.1 Å². The minimum absolute atomic E-state index is 0.00870. The first kappa shape index (κ1) is 16.0. The lowest BCUT2D eigenvalue weighted by atomic mass is 10.1. The van der Waals surface area contributed by atoms with E-state index in [1.807, 2.05) is 13.8 Å². The number of carbonyl (C=O) groups excluding carboxylic acids is 1. The summed E-state index contributed by atoms with van der Waals surface area (Å²) in [4.78, 5) is 30.7. The molecular formula is C14H21N3O3S. The second-order valence-corrected chi connectivity index (χ2v) is 6.48. The van der Waals surface area contributed by atoms with Crippen LogP contribution in [0.25, 0.3) is 0 Å². The van der Waals surface area contributed by atoms with Crippen molar-refractivity contribution in [1.82, 2.24) is 14.5 Å². The largest absolute Gasteiger partial charge is 0.395 e. The van der Waals surface area contributed by atoms with Gasteiger partial charge in [-0.1, -0.05) is 11.8 Å². The van der Waals surface area contributed by atoms with Gasteiger partial charge in [0.15, 0.2) is 5.16 Å². The highest BCUT2D eigenvalue weighted by atomic mass is 32.2. The number of hydrogen-bond donors (Lipinski definition) is 1. The van der Waals surface area contributed by atoms with Gasteiger partial charge in [0.05, 0.1) is 12.5 Å². The Labute approximate surface area is 128 Å². The van der Waals surface area contributed by atoms with Crippen LogP contribution in [0.5, 0.6) is 0 Å². The van der Waals surface area contributed by atoms with E-state index in [2.05, 4.69) is 4.98 Å². The summed E-state index contributed by atoms with van der Waals surface area (Å²) < 4.78 is 1.59. The lowest BCUT2D eigenvalue weighted by Gasteiger charge is -2.32. The maximum absolute atomic E-state index is 12.6. The molecule has 0 saturated carbocycles. The molecule has 1 aromatic rings. The van der Waals surface area contributed by atoms with Crippen LogP contribution in [0.15, 0.2) is 16.1 Å². The Bertz CT molecular complexity index is 585. The van der Waals surface area contributed by atoms with Crippen LogP contribution in [0, 0.1) is 12.8 Å². The van der Waals surface area contributed by atoms with E-state index < -0.39 is 0 Å². The van der Waals surface area contributed by atoms with E-state index in [0.717, 1.165) is 0 Å². The Balaban J connectivity index is 2.22. The normalized spacial score (nSPS) is 17.7. The molecule has 0 aromatic carbocycles. The highest BCUT2D eigenvalue weighted by Gasteiger charge is 2.31. The van der Waals surface area contributed by atoms with Crippen LogP contribution in [0.2, 0.25) is 0 Å². The van der Waals surface area contributed by atoms with Crippen LogP contribution in [-0.4, -0.2) is 50.4 Å². The number of aliphatic hydroxyl groups is 1. The molecule has 1 amide bonds. The number of thioether (sulfide) groups is 1. The molecule has 21 heavy (non-hydrogen) atoms. The Morgan fingerprint density at radius 1 is 1.62 bits per heavy atom. The molecule has 0 fully saturated rings. The van der Waals surface area contributed by atoms with E-state index in [-0.39, 0.29) is 30.0 Å². The molecular weight excluding hydrogens is 290 g/mol. The van der Waals surface area contributed by atoms with Crippen LogP contribution in [0.4, 0.5) is 0 Å². The molecule has 1 atom stereocenters. The van der Waals surface area contributed by atoms with Gasteiger partial charge >= 0.3 is 0 Å². The van der Waals surface area contributed by atoms with Crippen molar-refractivity contribution in [2.24, 2.45) is 5.92 Å². The van der Waals surface area contributed by atoms with Gasteiger partial charge in [-0.05, 0) is 20.8 Å². The fraction of sp³-hybridized carbons (Fsp3) is 0.643. The Hall–Kier alpha value is -1.34. The van der Waals surface area contributed by atoms with Crippen molar-refractivity contribution in [2.45, 2.75) is 38.5 Å². The van der Waals surface area contributed by atoms with E-state index in [0.29, 0.717) is 29.6 Å². The highest BCUT2D eigenvalue weighted by molar-refractivity contribution is 7.99. The van der Waals surface area contributed by atoms with Gasteiger partial charge in [0.2, 0.25) is 5.91 Å². The number of rotatable bonds is 4. The van der Waals surface area contributed by atoms with Crippen molar-refractivity contribution in [2.75, 3.05) is 18.9 Å². The lowest BCUT2D eigenvalue weighted by Crippen LogP contribution is -2.46. The molecule has 1 aromatic heterocycles. The van der Waals surface area contributed by atoms with Gasteiger partial charge in [-0.2, -0.15) is 0 Å². The zero-order chi connectivity index (χ0) is 15.6. The van der Waals surface area contributed by atoms with Gasteiger partial charge in [-0.3, -0.25) is 14.2 Å². The van der Waals surface area contributed by atoms with Crippen molar-refractivity contribution in [3.63, 3.8) is 0 Å². The Morgan fingerprint density at radius 2 is 2.33 bits per heavy atom. The average molecular weight is 311 g/mol. The van der Waals surface area contributed by atoms with Crippen LogP contribution >= 0.6 is 11.8 Å². The number of aromatic nitrogens is 2. The van der Waals surface area contributed by atoms with Crippen molar-refractivity contribution >= 4 is 17.7 Å². The van der Waals surface area contributed by atoms with Gasteiger partial charge in [-0.25, -0.2) is 4.98 Å². The fourth-order valence-electron chi connectivity index (χ4n) is 2.42. The number of aryl methyl sites for hydroxylation is 1. The molecule has 1 aliphatic rings. The molecule has 0 aliphatic carbocycles. The molecule has 7 heteroatoms. The quantitative estimate of drug-likeness (QED) is 0.820. The van der Waals surface area contributed by atoms with E-state index in [9.17, 15) is 9.59 Å². The summed E-state index contributed by atoms with van der Waals surface area (Å²) in [7, 11) is 0. The summed E-state index contributed by atoms with van der Waals surface area (Å²) in [5, 5.41) is 9.78. The van der Waals surface area contributed by atoms with Crippen LogP contribution in [0.1, 0.15) is 19.4 Å². The van der Waals surface area contributed by atoms with Crippen molar-refractivity contribution < 1.29 is 9.90 Å². The van der Waals surface area contributed by atoms with Crippen molar-refractivity contribution in [3.8, 4) is 0 Å². The number of aliphatic hydroxyl groups excluding tert-OH is 1. The molecule has 1 unspecified atom stereocenters. The number of fused-ring (bicyclic) bond motifs is 1. The maximum Gasteiger partial charge on any atom is 0.257 e. The molecule has 0 radical (unpaired) electrons. The summed E-state index contributed by atoms with van der Waals surface area (Å²) in [6, 6.07) is 0.0309. The molecule has 1 aliphatic heterocycles. The molecule has 6 nitrogen and oxygen atoms in total. The first-order valence-electron chi connectivity index (χ1n) is 7.06. The second kappa shape index (κ2) is 6.62. The maximum atomic E-state index is 12.6.